The Hall–Kier alpha value is -2.55. The van der Waals surface area contributed by atoms with Crippen LogP contribution in [0.4, 0.5) is 5.82 Å². The normalized spacial score (nSPS) is 9.82. The Morgan fingerprint density at radius 1 is 1.53 bits per heavy atom. The van der Waals surface area contributed by atoms with Crippen molar-refractivity contribution in [3.8, 4) is 6.07 Å². The Labute approximate surface area is 97.3 Å². The van der Waals surface area contributed by atoms with E-state index in [1.54, 1.807) is 0 Å². The molecule has 0 aliphatic heterocycles. The number of aromatic amines is 2. The van der Waals surface area contributed by atoms with Crippen molar-refractivity contribution in [1.29, 1.82) is 5.26 Å². The van der Waals surface area contributed by atoms with Crippen LogP contribution in [0.1, 0.15) is 11.3 Å². The van der Waals surface area contributed by atoms with Crippen molar-refractivity contribution < 1.29 is 0 Å². The predicted octanol–water partition coefficient (Wildman–Crippen LogP) is 0.624. The van der Waals surface area contributed by atoms with Crippen molar-refractivity contribution >= 4 is 5.82 Å². The molecule has 2 rings (SSSR count). The molecule has 6 nitrogen and oxygen atoms in total. The van der Waals surface area contributed by atoms with E-state index in [-0.39, 0.29) is 5.69 Å². The number of hydrogen-bond donors (Lipinski definition) is 3. The number of H-pyrrole nitrogens is 2. The summed E-state index contributed by atoms with van der Waals surface area (Å²) in [5.74, 6) is 0.417. The van der Waals surface area contributed by atoms with Crippen LogP contribution in [0.15, 0.2) is 29.3 Å². The van der Waals surface area contributed by atoms with Gasteiger partial charge >= 0.3 is 5.69 Å². The minimum absolute atomic E-state index is 0.203. The van der Waals surface area contributed by atoms with Gasteiger partial charge < -0.3 is 10.3 Å². The lowest BCUT2D eigenvalue weighted by Crippen LogP contribution is -2.16. The van der Waals surface area contributed by atoms with E-state index in [1.807, 2.05) is 24.5 Å². The average molecular weight is 229 g/mol. The first-order valence-corrected chi connectivity index (χ1v) is 5.15. The Morgan fingerprint density at radius 2 is 2.41 bits per heavy atom. The van der Waals surface area contributed by atoms with E-state index in [0.717, 1.165) is 6.42 Å². The summed E-state index contributed by atoms with van der Waals surface area (Å²) in [4.78, 5) is 20.1. The van der Waals surface area contributed by atoms with E-state index in [0.29, 0.717) is 12.4 Å². The largest absolute Gasteiger partial charge is 0.369 e. The molecular formula is C11H11N5O. The fourth-order valence-corrected chi connectivity index (χ4v) is 1.46. The molecule has 17 heavy (non-hydrogen) atoms. The van der Waals surface area contributed by atoms with Crippen molar-refractivity contribution in [3.05, 3.63) is 46.3 Å². The van der Waals surface area contributed by atoms with Gasteiger partial charge in [-0.05, 0) is 18.1 Å². The molecule has 6 heteroatoms. The lowest BCUT2D eigenvalue weighted by atomic mass is 10.2. The molecule has 0 aliphatic carbocycles. The molecule has 0 radical (unpaired) electrons. The molecule has 2 heterocycles. The molecule has 0 fully saturated rings. The third kappa shape index (κ3) is 2.95. The first-order valence-electron chi connectivity index (χ1n) is 5.15. The minimum atomic E-state index is -0.520. The number of nitrogens with one attached hydrogen (secondary N) is 3. The Bertz CT molecular complexity index is 579. The van der Waals surface area contributed by atoms with Crippen LogP contribution >= 0.6 is 0 Å². The Balaban J connectivity index is 1.97. The van der Waals surface area contributed by atoms with Crippen molar-refractivity contribution in [1.82, 2.24) is 15.0 Å². The highest BCUT2D eigenvalue weighted by Gasteiger charge is 1.99. The van der Waals surface area contributed by atoms with E-state index >= 15 is 0 Å². The fraction of sp³-hybridized carbons (Fsp3) is 0.182. The lowest BCUT2D eigenvalue weighted by molar-refractivity contribution is 0.982. The molecule has 3 N–H and O–H groups in total. The first kappa shape index (κ1) is 11.0. The molecule has 0 aromatic carbocycles. The average Bonchev–Trinajstić information content (AvgIpc) is 2.81. The summed E-state index contributed by atoms with van der Waals surface area (Å²) in [5.41, 5.74) is 0.852. The highest BCUT2D eigenvalue weighted by Crippen LogP contribution is 2.02. The highest BCUT2D eigenvalue weighted by atomic mass is 16.1. The molecule has 0 saturated carbocycles. The summed E-state index contributed by atoms with van der Waals surface area (Å²) >= 11 is 0. The number of aromatic nitrogens is 3. The first-order chi connectivity index (χ1) is 8.28. The van der Waals surface area contributed by atoms with Crippen LogP contribution < -0.4 is 11.0 Å². The summed E-state index contributed by atoms with van der Waals surface area (Å²) in [6.45, 7) is 0.652. The molecule has 0 amide bonds. The quantitative estimate of drug-likeness (QED) is 0.716. The van der Waals surface area contributed by atoms with Gasteiger partial charge in [-0.15, -0.1) is 0 Å². The number of hydrogen-bond acceptors (Lipinski definition) is 4. The Morgan fingerprint density at radius 3 is 3.12 bits per heavy atom. The molecule has 0 aliphatic rings. The monoisotopic (exact) mass is 229 g/mol. The maximum absolute atomic E-state index is 11.1. The molecule has 0 bridgehead atoms. The van der Waals surface area contributed by atoms with E-state index in [9.17, 15) is 4.79 Å². The van der Waals surface area contributed by atoms with Crippen LogP contribution in [0.25, 0.3) is 0 Å². The van der Waals surface area contributed by atoms with E-state index in [1.165, 1.54) is 11.6 Å². The van der Waals surface area contributed by atoms with Gasteiger partial charge in [0.25, 0.3) is 0 Å². The number of rotatable bonds is 4. The third-order valence-electron chi connectivity index (χ3n) is 2.25. The molecule has 0 saturated heterocycles. The molecule has 0 spiro atoms. The van der Waals surface area contributed by atoms with Crippen LogP contribution in [0.5, 0.6) is 0 Å². The second kappa shape index (κ2) is 4.99. The number of nitrogens with zero attached hydrogens (tertiary/aromatic N) is 2. The molecule has 86 valence electrons. The third-order valence-corrected chi connectivity index (χ3v) is 2.25. The topological polar surface area (TPSA) is 97.4 Å². The van der Waals surface area contributed by atoms with Gasteiger partial charge in [0.15, 0.2) is 0 Å². The fourth-order valence-electron chi connectivity index (χ4n) is 1.46. The molecule has 2 aromatic heterocycles. The van der Waals surface area contributed by atoms with Gasteiger partial charge in [-0.1, -0.05) is 0 Å². The smallest absolute Gasteiger partial charge is 0.347 e. The summed E-state index contributed by atoms with van der Waals surface area (Å²) in [6, 6.07) is 5.36. The zero-order valence-corrected chi connectivity index (χ0v) is 9.03. The van der Waals surface area contributed by atoms with Gasteiger partial charge in [-0.25, -0.2) is 4.79 Å². The van der Waals surface area contributed by atoms with E-state index < -0.39 is 5.69 Å². The second-order valence-electron chi connectivity index (χ2n) is 3.49. The van der Waals surface area contributed by atoms with Gasteiger partial charge in [0.1, 0.15) is 17.6 Å². The van der Waals surface area contributed by atoms with E-state index in [2.05, 4.69) is 20.3 Å². The van der Waals surface area contributed by atoms with E-state index in [4.69, 9.17) is 5.26 Å². The maximum Gasteiger partial charge on any atom is 0.347 e. The van der Waals surface area contributed by atoms with Gasteiger partial charge in [0.05, 0.1) is 0 Å². The van der Waals surface area contributed by atoms with Crippen LogP contribution in [-0.2, 0) is 6.42 Å². The zero-order valence-electron chi connectivity index (χ0n) is 9.03. The van der Waals surface area contributed by atoms with Gasteiger partial charge in [0.2, 0.25) is 0 Å². The minimum Gasteiger partial charge on any atom is -0.369 e. The highest BCUT2D eigenvalue weighted by molar-refractivity contribution is 5.38. The zero-order chi connectivity index (χ0) is 12.1. The maximum atomic E-state index is 11.1. The molecular weight excluding hydrogens is 218 g/mol. The van der Waals surface area contributed by atoms with Gasteiger partial charge in [-0.2, -0.15) is 10.2 Å². The van der Waals surface area contributed by atoms with Crippen molar-refractivity contribution in [3.63, 3.8) is 0 Å². The van der Waals surface area contributed by atoms with Crippen molar-refractivity contribution in [2.75, 3.05) is 11.9 Å². The van der Waals surface area contributed by atoms with Crippen LogP contribution in [0, 0.1) is 11.3 Å². The number of anilines is 1. The summed E-state index contributed by atoms with van der Waals surface area (Å²) in [5, 5.41) is 11.7. The molecule has 0 atom stereocenters. The SMILES string of the molecule is N#Cc1cc(NCCc2cc[nH]c2)nc(=O)[nH]1. The van der Waals surface area contributed by atoms with Crippen LogP contribution in [0.2, 0.25) is 0 Å². The summed E-state index contributed by atoms with van der Waals surface area (Å²) in [6.07, 6.45) is 4.59. The van der Waals surface area contributed by atoms with Crippen molar-refractivity contribution in [2.45, 2.75) is 6.42 Å². The van der Waals surface area contributed by atoms with Gasteiger partial charge in [0, 0.05) is 25.0 Å². The lowest BCUT2D eigenvalue weighted by Gasteiger charge is -2.03. The number of nitriles is 1. The van der Waals surface area contributed by atoms with Crippen LogP contribution in [0.3, 0.4) is 0 Å². The second-order valence-corrected chi connectivity index (χ2v) is 3.49. The van der Waals surface area contributed by atoms with Gasteiger partial charge in [-0.3, -0.25) is 4.98 Å². The predicted molar refractivity (Wildman–Crippen MR) is 62.6 cm³/mol. The standard InChI is InChI=1S/C11H11N5O/c12-6-9-5-10(16-11(17)15-9)14-4-2-8-1-3-13-7-8/h1,3,5,7,13H,2,4H2,(H2,14,15,16,17). The van der Waals surface area contributed by atoms with Crippen LogP contribution in [-0.4, -0.2) is 21.5 Å². The molecule has 0 unspecified atom stereocenters. The summed E-state index contributed by atoms with van der Waals surface area (Å²) in [7, 11) is 0. The Kier molecular flexibility index (Phi) is 3.21. The molecule has 2 aromatic rings. The summed E-state index contributed by atoms with van der Waals surface area (Å²) < 4.78 is 0. The van der Waals surface area contributed by atoms with Crippen molar-refractivity contribution in [2.24, 2.45) is 0 Å².